The van der Waals surface area contributed by atoms with Crippen LogP contribution in [-0.4, -0.2) is 77.9 Å². The zero-order valence-electron chi connectivity index (χ0n) is 12.6. The van der Waals surface area contributed by atoms with Crippen LogP contribution in [-0.2, 0) is 10.0 Å². The Morgan fingerprint density at radius 1 is 1.52 bits per heavy atom. The maximum absolute atomic E-state index is 12.5. The van der Waals surface area contributed by atoms with E-state index >= 15 is 0 Å². The first-order chi connectivity index (χ1) is 10.6. The summed E-state index contributed by atoms with van der Waals surface area (Å²) in [4.78, 5) is 13.4. The number of alkyl halides is 2. The molecular formula is C12H18F2N4O4S. The number of carbonyl (C=O) groups is 1. The predicted molar refractivity (Wildman–Crippen MR) is 76.4 cm³/mol. The van der Waals surface area contributed by atoms with Gasteiger partial charge >= 0.3 is 0 Å². The number of aromatic nitrogens is 2. The second kappa shape index (κ2) is 6.49. The molecule has 2 rings (SSSR count). The predicted octanol–water partition coefficient (Wildman–Crippen LogP) is -0.328. The molecule has 0 unspecified atom stereocenters. The molecule has 0 aromatic carbocycles. The molecule has 2 N–H and O–H groups in total. The van der Waals surface area contributed by atoms with E-state index in [4.69, 9.17) is 0 Å². The van der Waals surface area contributed by atoms with Crippen molar-refractivity contribution in [2.75, 3.05) is 32.9 Å². The van der Waals surface area contributed by atoms with Crippen molar-refractivity contribution in [3.63, 3.8) is 0 Å². The van der Waals surface area contributed by atoms with Crippen LogP contribution in [0, 0.1) is 5.92 Å². The van der Waals surface area contributed by atoms with Crippen LogP contribution >= 0.6 is 0 Å². The highest BCUT2D eigenvalue weighted by atomic mass is 32.2. The Labute approximate surface area is 132 Å². The van der Waals surface area contributed by atoms with Gasteiger partial charge in [-0.1, -0.05) is 0 Å². The minimum absolute atomic E-state index is 0.0178. The van der Waals surface area contributed by atoms with Crippen LogP contribution in [0.4, 0.5) is 8.78 Å². The summed E-state index contributed by atoms with van der Waals surface area (Å²) in [7, 11) is -0.753. The number of aliphatic hydroxyl groups excluding tert-OH is 1. The largest absolute Gasteiger partial charge is 0.391 e. The lowest BCUT2D eigenvalue weighted by molar-refractivity contribution is 0.0759. The van der Waals surface area contributed by atoms with Crippen molar-refractivity contribution >= 4 is 15.9 Å². The maximum Gasteiger partial charge on any atom is 0.279 e. The molecule has 1 aromatic rings. The average Bonchev–Trinajstić information content (AvgIpc) is 3.05. The molecule has 1 saturated heterocycles. The quantitative estimate of drug-likeness (QED) is 0.755. The highest BCUT2D eigenvalue weighted by Gasteiger charge is 2.38. The van der Waals surface area contributed by atoms with E-state index in [0.29, 0.717) is 0 Å². The monoisotopic (exact) mass is 352 g/mol. The smallest absolute Gasteiger partial charge is 0.279 e. The van der Waals surface area contributed by atoms with Crippen molar-refractivity contribution in [1.29, 1.82) is 0 Å². The van der Waals surface area contributed by atoms with Crippen molar-refractivity contribution in [1.82, 2.24) is 19.4 Å². The summed E-state index contributed by atoms with van der Waals surface area (Å²) in [5, 5.41) is 15.6. The second-order valence-corrected chi connectivity index (χ2v) is 7.84. The van der Waals surface area contributed by atoms with Crippen LogP contribution in [0.1, 0.15) is 22.6 Å². The first-order valence-corrected chi connectivity index (χ1v) is 8.43. The number of halogens is 2. The van der Waals surface area contributed by atoms with Crippen molar-refractivity contribution in [3.05, 3.63) is 17.5 Å². The Morgan fingerprint density at radius 3 is 2.70 bits per heavy atom. The van der Waals surface area contributed by atoms with Gasteiger partial charge in [0.05, 0.1) is 11.9 Å². The van der Waals surface area contributed by atoms with Crippen LogP contribution in [0.5, 0.6) is 0 Å². The van der Waals surface area contributed by atoms with Gasteiger partial charge in [0.2, 0.25) is 10.0 Å². The number of aromatic amines is 1. The highest BCUT2D eigenvalue weighted by Crippen LogP contribution is 2.23. The van der Waals surface area contributed by atoms with Crippen molar-refractivity contribution in [3.8, 4) is 0 Å². The van der Waals surface area contributed by atoms with Crippen LogP contribution < -0.4 is 0 Å². The highest BCUT2D eigenvalue weighted by molar-refractivity contribution is 7.89. The van der Waals surface area contributed by atoms with Gasteiger partial charge in [-0.15, -0.1) is 0 Å². The van der Waals surface area contributed by atoms with E-state index in [1.807, 2.05) is 0 Å². The van der Waals surface area contributed by atoms with Gasteiger partial charge in [-0.25, -0.2) is 21.5 Å². The van der Waals surface area contributed by atoms with Crippen molar-refractivity contribution in [2.45, 2.75) is 12.5 Å². The number of aliphatic hydroxyl groups is 1. The first kappa shape index (κ1) is 17.8. The number of β-amino-alcohol motifs (C(OH)–C–C–N with tert-alkyl or cyclic N) is 1. The van der Waals surface area contributed by atoms with Crippen LogP contribution in [0.3, 0.4) is 0 Å². The number of likely N-dealkylation sites (tertiary alicyclic amines) is 1. The average molecular weight is 352 g/mol. The maximum atomic E-state index is 12.5. The van der Waals surface area contributed by atoms with Crippen molar-refractivity contribution < 1.29 is 27.1 Å². The fourth-order valence-electron chi connectivity index (χ4n) is 2.32. The lowest BCUT2D eigenvalue weighted by Gasteiger charge is -2.17. The molecule has 23 heavy (non-hydrogen) atoms. The lowest BCUT2D eigenvalue weighted by Crippen LogP contribution is -2.33. The molecular weight excluding hydrogens is 334 g/mol. The number of hydrogen-bond acceptors (Lipinski definition) is 5. The molecule has 0 radical (unpaired) electrons. The van der Waals surface area contributed by atoms with Crippen LogP contribution in [0.25, 0.3) is 0 Å². The summed E-state index contributed by atoms with van der Waals surface area (Å²) >= 11 is 0. The molecule has 0 spiro atoms. The number of hydrogen-bond donors (Lipinski definition) is 2. The Kier molecular flexibility index (Phi) is 5.01. The Balaban J connectivity index is 2.06. The van der Waals surface area contributed by atoms with E-state index in [1.54, 1.807) is 0 Å². The summed E-state index contributed by atoms with van der Waals surface area (Å²) in [6.45, 7) is -0.0484. The van der Waals surface area contributed by atoms with Gasteiger partial charge in [-0.2, -0.15) is 5.10 Å². The summed E-state index contributed by atoms with van der Waals surface area (Å²) in [6, 6.07) is 0.948. The van der Waals surface area contributed by atoms with E-state index in [1.165, 1.54) is 19.0 Å². The fraction of sp³-hybridized carbons (Fsp3) is 0.667. The lowest BCUT2D eigenvalue weighted by atomic mass is 10.1. The van der Waals surface area contributed by atoms with Gasteiger partial charge in [0.25, 0.3) is 12.3 Å². The van der Waals surface area contributed by atoms with Crippen LogP contribution in [0.15, 0.2) is 6.07 Å². The van der Waals surface area contributed by atoms with Gasteiger partial charge in [-0.05, 0) is 6.07 Å². The van der Waals surface area contributed by atoms with E-state index in [9.17, 15) is 27.1 Å². The summed E-state index contributed by atoms with van der Waals surface area (Å²) in [5.41, 5.74) is -0.663. The Morgan fingerprint density at radius 2 is 2.17 bits per heavy atom. The molecule has 0 saturated carbocycles. The molecule has 2 heterocycles. The molecule has 1 aliphatic rings. The van der Waals surface area contributed by atoms with E-state index in [0.717, 1.165) is 10.4 Å². The Bertz CT molecular complexity index is 676. The third-order valence-electron chi connectivity index (χ3n) is 3.73. The summed E-state index contributed by atoms with van der Waals surface area (Å²) < 4.78 is 49.8. The van der Waals surface area contributed by atoms with Gasteiger partial charge in [-0.3, -0.25) is 9.89 Å². The van der Waals surface area contributed by atoms with Gasteiger partial charge < -0.3 is 10.0 Å². The zero-order chi connectivity index (χ0) is 17.4. The molecule has 2 atom stereocenters. The summed E-state index contributed by atoms with van der Waals surface area (Å²) in [5.74, 6) is -1.56. The number of carbonyl (C=O) groups excluding carboxylic acids is 1. The number of nitrogens with zero attached hydrogens (tertiary/aromatic N) is 3. The molecule has 0 aliphatic carbocycles. The molecule has 8 nitrogen and oxygen atoms in total. The first-order valence-electron chi connectivity index (χ1n) is 6.83. The molecule has 11 heteroatoms. The van der Waals surface area contributed by atoms with Gasteiger partial charge in [0.15, 0.2) is 5.69 Å². The molecule has 1 aliphatic heterocycles. The topological polar surface area (TPSA) is 107 Å². The molecule has 130 valence electrons. The number of H-pyrrole nitrogens is 1. The molecule has 1 amide bonds. The molecule has 0 bridgehead atoms. The van der Waals surface area contributed by atoms with E-state index < -0.39 is 40.1 Å². The Hall–Kier alpha value is -1.59. The van der Waals surface area contributed by atoms with E-state index in [2.05, 4.69) is 10.2 Å². The fourth-order valence-corrected chi connectivity index (χ4v) is 3.49. The number of rotatable bonds is 5. The normalized spacial score (nSPS) is 22.3. The second-order valence-electron chi connectivity index (χ2n) is 5.61. The van der Waals surface area contributed by atoms with Crippen LogP contribution in [0.2, 0.25) is 0 Å². The van der Waals surface area contributed by atoms with E-state index in [-0.39, 0.29) is 24.5 Å². The van der Waals surface area contributed by atoms with Gasteiger partial charge in [0.1, 0.15) is 5.69 Å². The minimum atomic E-state index is -3.52. The molecule has 1 fully saturated rings. The third-order valence-corrected chi connectivity index (χ3v) is 5.69. The number of sulfonamides is 1. The van der Waals surface area contributed by atoms with Gasteiger partial charge in [0, 0.05) is 33.1 Å². The van der Waals surface area contributed by atoms with Crippen molar-refractivity contribution in [2.24, 2.45) is 5.92 Å². The molecule has 1 aromatic heterocycles. The summed E-state index contributed by atoms with van der Waals surface area (Å²) in [6.07, 6.45) is -3.77. The number of amides is 1. The number of nitrogens with one attached hydrogen (secondary N) is 1. The standard InChI is InChI=1S/C12H18F2N4O4S/c1-17(2)23(21,22)6-7-4-18(5-10(7)19)12(20)9-3-8(11(13)14)15-16-9/h3,7,10-11,19H,4-6H2,1-2H3,(H,15,16)/t7-,10+/m0/s1. The third kappa shape index (κ3) is 3.85. The zero-order valence-corrected chi connectivity index (χ0v) is 13.4. The SMILES string of the molecule is CN(C)S(=O)(=O)C[C@@H]1CN(C(=O)c2cc(C(F)F)[nH]n2)C[C@H]1O. The minimum Gasteiger partial charge on any atom is -0.391 e.